The van der Waals surface area contributed by atoms with Crippen molar-refractivity contribution >= 4 is 5.97 Å². The zero-order chi connectivity index (χ0) is 14.6. The maximum Gasteiger partial charge on any atom is 0.329 e. The van der Waals surface area contributed by atoms with Gasteiger partial charge >= 0.3 is 5.97 Å². The lowest BCUT2D eigenvalue weighted by Crippen LogP contribution is -1.91. The summed E-state index contributed by atoms with van der Waals surface area (Å²) in [7, 11) is 1.31. The summed E-state index contributed by atoms with van der Waals surface area (Å²) in [6.45, 7) is 13.1. The van der Waals surface area contributed by atoms with E-state index in [1.165, 1.54) is 19.8 Å². The summed E-state index contributed by atoms with van der Waals surface area (Å²) in [6, 6.07) is 0. The molecule has 0 unspecified atom stereocenters. The van der Waals surface area contributed by atoms with E-state index in [4.69, 9.17) is 9.84 Å². The lowest BCUT2D eigenvalue weighted by molar-refractivity contribution is -0.134. The third-order valence-corrected chi connectivity index (χ3v) is 1.43. The van der Waals surface area contributed by atoms with E-state index in [9.17, 15) is 4.79 Å². The van der Waals surface area contributed by atoms with E-state index in [0.717, 1.165) is 19.1 Å². The Bertz CT molecular complexity index is 200. The number of ether oxygens (including phenoxy) is 2. The van der Waals surface area contributed by atoms with Crippen LogP contribution in [0, 0.1) is 0 Å². The molecule has 4 nitrogen and oxygen atoms in total. The lowest BCUT2D eigenvalue weighted by atomic mass is 10.4. The van der Waals surface area contributed by atoms with Crippen molar-refractivity contribution in [1.82, 2.24) is 0 Å². The normalized spacial score (nSPS) is 7.50. The van der Waals surface area contributed by atoms with Gasteiger partial charge in [0.25, 0.3) is 0 Å². The van der Waals surface area contributed by atoms with Gasteiger partial charge in [-0.15, -0.1) is 6.58 Å². The molecule has 0 amide bonds. The Morgan fingerprint density at radius 1 is 1.33 bits per heavy atom. The van der Waals surface area contributed by atoms with E-state index in [0.29, 0.717) is 6.42 Å². The molecule has 0 saturated heterocycles. The molecule has 0 aromatic carbocycles. The Balaban J connectivity index is -0.000000190. The van der Waals surface area contributed by atoms with Crippen molar-refractivity contribution in [2.75, 3.05) is 20.3 Å². The van der Waals surface area contributed by atoms with Crippen molar-refractivity contribution in [3.05, 3.63) is 38.2 Å². The summed E-state index contributed by atoms with van der Waals surface area (Å²) in [5.74, 6) is -0.394. The zero-order valence-electron chi connectivity index (χ0n) is 11.6. The maximum absolute atomic E-state index is 9.84. The van der Waals surface area contributed by atoms with Crippen LogP contribution in [0.5, 0.6) is 0 Å². The highest BCUT2D eigenvalue weighted by atomic mass is 16.5. The van der Waals surface area contributed by atoms with E-state index >= 15 is 0 Å². The number of esters is 1. The minimum absolute atomic E-state index is 0.226. The van der Waals surface area contributed by atoms with Gasteiger partial charge in [0.05, 0.1) is 20.0 Å². The summed E-state index contributed by atoms with van der Waals surface area (Å²) in [5, 5.41) is 8.00. The highest BCUT2D eigenvalue weighted by molar-refractivity contribution is 5.80. The molecule has 0 saturated carbocycles. The van der Waals surface area contributed by atoms with E-state index in [1.807, 2.05) is 0 Å². The first-order valence-electron chi connectivity index (χ1n) is 5.79. The van der Waals surface area contributed by atoms with E-state index in [1.54, 1.807) is 6.08 Å². The van der Waals surface area contributed by atoms with E-state index < -0.39 is 5.97 Å². The van der Waals surface area contributed by atoms with Crippen LogP contribution in [0.2, 0.25) is 0 Å². The highest BCUT2D eigenvalue weighted by Crippen LogP contribution is 1.86. The third-order valence-electron chi connectivity index (χ3n) is 1.43. The minimum atomic E-state index is -0.394. The Morgan fingerprint density at radius 2 is 1.94 bits per heavy atom. The standard InChI is InChI=1S/C6H12O.C4H6O2.C4H8O/c1-3-5-6-7-4-2;1-3-4(5)6-2;1-2-3-4-5/h4H,2-3,5-6H2,1H3;3H,1H2,2H3;2,5H,1,3-4H2. The molecule has 0 rings (SSSR count). The van der Waals surface area contributed by atoms with Gasteiger partial charge in [-0.3, -0.25) is 0 Å². The number of methoxy groups -OCH3 is 1. The van der Waals surface area contributed by atoms with Crippen molar-refractivity contribution in [1.29, 1.82) is 0 Å². The van der Waals surface area contributed by atoms with Gasteiger partial charge in [-0.2, -0.15) is 0 Å². The van der Waals surface area contributed by atoms with Gasteiger partial charge in [0, 0.05) is 12.7 Å². The van der Waals surface area contributed by atoms with Crippen LogP contribution in [-0.2, 0) is 14.3 Å². The van der Waals surface area contributed by atoms with Gasteiger partial charge in [-0.25, -0.2) is 4.79 Å². The smallest absolute Gasteiger partial charge is 0.329 e. The number of hydrogen-bond acceptors (Lipinski definition) is 4. The highest BCUT2D eigenvalue weighted by Gasteiger charge is 1.81. The molecule has 106 valence electrons. The predicted octanol–water partition coefficient (Wildman–Crippen LogP) is 2.85. The average molecular weight is 258 g/mol. The molecule has 18 heavy (non-hydrogen) atoms. The zero-order valence-corrected chi connectivity index (χ0v) is 11.6. The molecular formula is C14H26O4. The summed E-state index contributed by atoms with van der Waals surface area (Å²) >= 11 is 0. The first-order valence-corrected chi connectivity index (χ1v) is 5.79. The number of hydrogen-bond donors (Lipinski definition) is 1. The van der Waals surface area contributed by atoms with Gasteiger partial charge in [0.1, 0.15) is 0 Å². The fourth-order valence-electron chi connectivity index (χ4n) is 0.486. The van der Waals surface area contributed by atoms with Crippen molar-refractivity contribution < 1.29 is 19.4 Å². The average Bonchev–Trinajstić information content (AvgIpc) is 2.41. The van der Waals surface area contributed by atoms with Crippen LogP contribution in [0.4, 0.5) is 0 Å². The molecular weight excluding hydrogens is 232 g/mol. The monoisotopic (exact) mass is 258 g/mol. The number of aliphatic hydroxyl groups is 1. The van der Waals surface area contributed by atoms with Crippen LogP contribution in [0.15, 0.2) is 38.2 Å². The van der Waals surface area contributed by atoms with Crippen LogP contribution >= 0.6 is 0 Å². The quantitative estimate of drug-likeness (QED) is 0.251. The number of unbranched alkanes of at least 4 members (excludes halogenated alkanes) is 1. The Kier molecular flexibility index (Phi) is 29.7. The van der Waals surface area contributed by atoms with Crippen molar-refractivity contribution in [2.45, 2.75) is 26.2 Å². The Labute approximate surface area is 111 Å². The van der Waals surface area contributed by atoms with Gasteiger partial charge in [-0.05, 0) is 12.8 Å². The molecule has 0 radical (unpaired) electrons. The molecule has 0 bridgehead atoms. The van der Waals surface area contributed by atoms with Gasteiger partial charge < -0.3 is 14.6 Å². The van der Waals surface area contributed by atoms with Crippen LogP contribution in [0.1, 0.15) is 26.2 Å². The molecule has 0 aliphatic carbocycles. The molecule has 0 aromatic rings. The summed E-state index contributed by atoms with van der Waals surface area (Å²) in [6.07, 6.45) is 7.30. The molecule has 0 atom stereocenters. The number of carbonyl (C=O) groups excluding carboxylic acids is 1. The second-order valence-corrected chi connectivity index (χ2v) is 2.92. The van der Waals surface area contributed by atoms with Crippen molar-refractivity contribution in [3.8, 4) is 0 Å². The second-order valence-electron chi connectivity index (χ2n) is 2.92. The van der Waals surface area contributed by atoms with Crippen molar-refractivity contribution in [3.63, 3.8) is 0 Å². The molecule has 0 aromatic heterocycles. The van der Waals surface area contributed by atoms with Crippen molar-refractivity contribution in [2.24, 2.45) is 0 Å². The number of carbonyl (C=O) groups is 1. The van der Waals surface area contributed by atoms with Crippen LogP contribution in [0.3, 0.4) is 0 Å². The summed E-state index contributed by atoms with van der Waals surface area (Å²) in [4.78, 5) is 9.84. The fourth-order valence-corrected chi connectivity index (χ4v) is 0.486. The number of aliphatic hydroxyl groups excluding tert-OH is 1. The lowest BCUT2D eigenvalue weighted by Gasteiger charge is -1.93. The molecule has 0 spiro atoms. The minimum Gasteiger partial charge on any atom is -0.502 e. The molecule has 0 fully saturated rings. The van der Waals surface area contributed by atoms with Gasteiger partial charge in [0.2, 0.25) is 0 Å². The Morgan fingerprint density at radius 3 is 2.11 bits per heavy atom. The summed E-state index contributed by atoms with van der Waals surface area (Å²) in [5.41, 5.74) is 0. The van der Waals surface area contributed by atoms with Gasteiger partial charge in [0.15, 0.2) is 0 Å². The number of rotatable bonds is 7. The molecule has 0 heterocycles. The maximum atomic E-state index is 9.84. The van der Waals surface area contributed by atoms with Crippen LogP contribution < -0.4 is 0 Å². The second kappa shape index (κ2) is 24.6. The predicted molar refractivity (Wildman–Crippen MR) is 75.2 cm³/mol. The van der Waals surface area contributed by atoms with Crippen LogP contribution in [-0.4, -0.2) is 31.4 Å². The molecule has 4 heteroatoms. The topological polar surface area (TPSA) is 55.8 Å². The largest absolute Gasteiger partial charge is 0.502 e. The van der Waals surface area contributed by atoms with E-state index in [-0.39, 0.29) is 6.61 Å². The Hall–Kier alpha value is -1.55. The van der Waals surface area contributed by atoms with Gasteiger partial charge in [-0.1, -0.05) is 32.6 Å². The molecule has 0 aliphatic rings. The summed E-state index contributed by atoms with van der Waals surface area (Å²) < 4.78 is 8.98. The molecule has 0 aliphatic heterocycles. The fraction of sp³-hybridized carbons (Fsp3) is 0.500. The first-order chi connectivity index (χ1) is 8.64. The molecule has 1 N–H and O–H groups in total. The van der Waals surface area contributed by atoms with E-state index in [2.05, 4.69) is 31.4 Å². The SMILES string of the molecule is C=CC(=O)OC.C=CCCO.C=COCCCC. The van der Waals surface area contributed by atoms with Crippen LogP contribution in [0.25, 0.3) is 0 Å². The first kappa shape index (κ1) is 21.7. The third kappa shape index (κ3) is 36.6.